The molecule has 1 aliphatic rings. The van der Waals surface area contributed by atoms with Crippen LogP contribution in [-0.4, -0.2) is 47.4 Å². The second kappa shape index (κ2) is 9.08. The summed E-state index contributed by atoms with van der Waals surface area (Å²) in [5.74, 6) is 1.54. The highest BCUT2D eigenvalue weighted by atomic mass is 16.5. The van der Waals surface area contributed by atoms with Gasteiger partial charge in [0.05, 0.1) is 60.1 Å². The zero-order valence-electron chi connectivity index (χ0n) is 19.4. The van der Waals surface area contributed by atoms with Gasteiger partial charge >= 0.3 is 0 Å². The third-order valence-corrected chi connectivity index (χ3v) is 6.03. The molecule has 1 unspecified atom stereocenters. The molecule has 2 atom stereocenters. The van der Waals surface area contributed by atoms with Crippen LogP contribution in [0.4, 0.5) is 5.82 Å². The highest BCUT2D eigenvalue weighted by Gasteiger charge is 2.24. The highest BCUT2D eigenvalue weighted by molar-refractivity contribution is 6.00. The molecule has 1 saturated heterocycles. The topological polar surface area (TPSA) is 84.2 Å². The summed E-state index contributed by atoms with van der Waals surface area (Å²) in [5, 5.41) is 9.99. The Morgan fingerprint density at radius 2 is 1.71 bits per heavy atom. The van der Waals surface area contributed by atoms with Gasteiger partial charge in [-0.2, -0.15) is 5.26 Å². The molecule has 2 aromatic heterocycles. The van der Waals surface area contributed by atoms with Gasteiger partial charge in [-0.25, -0.2) is 4.98 Å². The summed E-state index contributed by atoms with van der Waals surface area (Å²) in [6.07, 6.45) is 5.67. The van der Waals surface area contributed by atoms with Crippen LogP contribution in [0.3, 0.4) is 0 Å². The number of para-hydroxylation sites is 1. The number of morpholine rings is 1. The van der Waals surface area contributed by atoms with Crippen molar-refractivity contribution in [2.24, 2.45) is 0 Å². The Morgan fingerprint density at radius 1 is 0.941 bits per heavy atom. The Kier molecular flexibility index (Phi) is 5.83. The van der Waals surface area contributed by atoms with E-state index < -0.39 is 0 Å². The molecule has 5 rings (SSSR count). The van der Waals surface area contributed by atoms with Gasteiger partial charge in [0, 0.05) is 30.2 Å². The molecular formula is C27H25N5O2. The fourth-order valence-corrected chi connectivity index (χ4v) is 4.55. The normalized spacial score (nSPS) is 18.0. The van der Waals surface area contributed by atoms with Gasteiger partial charge in [-0.1, -0.05) is 24.3 Å². The van der Waals surface area contributed by atoms with Crippen LogP contribution in [0.25, 0.3) is 33.3 Å². The summed E-state index contributed by atoms with van der Waals surface area (Å²) in [6.45, 7) is 5.72. The molecule has 7 nitrogen and oxygen atoms in total. The molecular weight excluding hydrogens is 426 g/mol. The minimum absolute atomic E-state index is 0.153. The summed E-state index contributed by atoms with van der Waals surface area (Å²) in [6, 6.07) is 15.7. The van der Waals surface area contributed by atoms with Gasteiger partial charge < -0.3 is 14.4 Å². The van der Waals surface area contributed by atoms with E-state index in [-0.39, 0.29) is 12.2 Å². The van der Waals surface area contributed by atoms with Gasteiger partial charge in [-0.05, 0) is 37.6 Å². The number of nitriles is 1. The number of hydrogen-bond acceptors (Lipinski definition) is 7. The standard InChI is InChI=1S/C27H25N5O2/c1-17-15-32(16-18(2)34-17)25-14-29-24(13-30-25)23-12-31-26-21(5-4-6-22(26)27(23)33-3)20-9-7-19(11-28)8-10-20/h4-10,12-14,17-18H,15-16H2,1-3H3/t17-,18?/m0/s1. The number of fused-ring (bicyclic) bond motifs is 1. The van der Waals surface area contributed by atoms with Gasteiger partial charge in [0.1, 0.15) is 11.6 Å². The van der Waals surface area contributed by atoms with E-state index in [0.29, 0.717) is 17.0 Å². The maximum atomic E-state index is 9.09. The fraction of sp³-hybridized carbons (Fsp3) is 0.259. The summed E-state index contributed by atoms with van der Waals surface area (Å²) >= 11 is 0. The number of nitrogens with zero attached hydrogens (tertiary/aromatic N) is 5. The van der Waals surface area contributed by atoms with E-state index in [1.165, 1.54) is 0 Å². The summed E-state index contributed by atoms with van der Waals surface area (Å²) < 4.78 is 11.7. The molecule has 0 bridgehead atoms. The largest absolute Gasteiger partial charge is 0.495 e. The van der Waals surface area contributed by atoms with Crippen LogP contribution in [0, 0.1) is 11.3 Å². The number of benzene rings is 2. The van der Waals surface area contributed by atoms with Gasteiger partial charge in [-0.15, -0.1) is 0 Å². The number of pyridine rings is 1. The van der Waals surface area contributed by atoms with Crippen molar-refractivity contribution in [2.75, 3.05) is 25.1 Å². The predicted octanol–water partition coefficient (Wildman–Crippen LogP) is 4.85. The quantitative estimate of drug-likeness (QED) is 0.438. The number of methoxy groups -OCH3 is 1. The first-order valence-electron chi connectivity index (χ1n) is 11.3. The average Bonchev–Trinajstić information content (AvgIpc) is 2.87. The zero-order valence-corrected chi connectivity index (χ0v) is 19.4. The predicted molar refractivity (Wildman–Crippen MR) is 132 cm³/mol. The zero-order chi connectivity index (χ0) is 23.7. The van der Waals surface area contributed by atoms with E-state index in [9.17, 15) is 0 Å². The van der Waals surface area contributed by atoms with Crippen LogP contribution in [-0.2, 0) is 4.74 Å². The molecule has 1 aliphatic heterocycles. The Labute approximate surface area is 198 Å². The van der Waals surface area contributed by atoms with Crippen molar-refractivity contribution in [2.45, 2.75) is 26.1 Å². The summed E-state index contributed by atoms with van der Waals surface area (Å²) in [7, 11) is 1.66. The molecule has 4 aromatic rings. The van der Waals surface area contributed by atoms with Crippen molar-refractivity contribution in [1.29, 1.82) is 5.26 Å². The second-order valence-electron chi connectivity index (χ2n) is 8.52. The Morgan fingerprint density at radius 3 is 2.35 bits per heavy atom. The number of anilines is 1. The van der Waals surface area contributed by atoms with Crippen molar-refractivity contribution < 1.29 is 9.47 Å². The summed E-state index contributed by atoms with van der Waals surface area (Å²) in [5.41, 5.74) is 4.91. The van der Waals surface area contributed by atoms with E-state index >= 15 is 0 Å². The Hall–Kier alpha value is -4.02. The lowest BCUT2D eigenvalue weighted by Crippen LogP contribution is -2.45. The second-order valence-corrected chi connectivity index (χ2v) is 8.52. The molecule has 170 valence electrons. The monoisotopic (exact) mass is 451 g/mol. The number of aromatic nitrogens is 3. The first-order chi connectivity index (χ1) is 16.6. The molecule has 0 saturated carbocycles. The number of ether oxygens (including phenoxy) is 2. The van der Waals surface area contributed by atoms with Crippen molar-refractivity contribution in [1.82, 2.24) is 15.0 Å². The third-order valence-electron chi connectivity index (χ3n) is 6.03. The van der Waals surface area contributed by atoms with Crippen LogP contribution in [0.1, 0.15) is 19.4 Å². The number of hydrogen-bond donors (Lipinski definition) is 0. The van der Waals surface area contributed by atoms with E-state index in [0.717, 1.165) is 46.5 Å². The molecule has 0 amide bonds. The molecule has 7 heteroatoms. The maximum Gasteiger partial charge on any atom is 0.147 e. The van der Waals surface area contributed by atoms with Crippen LogP contribution in [0.15, 0.2) is 61.1 Å². The van der Waals surface area contributed by atoms with E-state index in [1.54, 1.807) is 25.7 Å². The van der Waals surface area contributed by atoms with Gasteiger partial charge in [0.15, 0.2) is 0 Å². The first kappa shape index (κ1) is 21.8. The molecule has 1 fully saturated rings. The van der Waals surface area contributed by atoms with E-state index in [4.69, 9.17) is 24.7 Å². The molecule has 0 radical (unpaired) electrons. The number of rotatable bonds is 4. The van der Waals surface area contributed by atoms with Crippen LogP contribution in [0.2, 0.25) is 0 Å². The fourth-order valence-electron chi connectivity index (χ4n) is 4.55. The van der Waals surface area contributed by atoms with Crippen molar-refractivity contribution in [3.63, 3.8) is 0 Å². The lowest BCUT2D eigenvalue weighted by atomic mass is 9.99. The molecule has 0 N–H and O–H groups in total. The van der Waals surface area contributed by atoms with Gasteiger partial charge in [0.2, 0.25) is 0 Å². The molecule has 0 aliphatic carbocycles. The molecule has 0 spiro atoms. The lowest BCUT2D eigenvalue weighted by molar-refractivity contribution is -0.00547. The van der Waals surface area contributed by atoms with Gasteiger partial charge in [0.25, 0.3) is 0 Å². The molecule has 3 heterocycles. The van der Waals surface area contributed by atoms with Gasteiger partial charge in [-0.3, -0.25) is 9.97 Å². The third kappa shape index (κ3) is 4.04. The highest BCUT2D eigenvalue weighted by Crippen LogP contribution is 2.38. The molecule has 2 aromatic carbocycles. The Bertz CT molecular complexity index is 1350. The molecule has 34 heavy (non-hydrogen) atoms. The van der Waals surface area contributed by atoms with E-state index in [1.807, 2.05) is 42.5 Å². The minimum Gasteiger partial charge on any atom is -0.495 e. The lowest BCUT2D eigenvalue weighted by Gasteiger charge is -2.35. The Balaban J connectivity index is 1.52. The van der Waals surface area contributed by atoms with E-state index in [2.05, 4.69) is 29.8 Å². The van der Waals surface area contributed by atoms with Crippen molar-refractivity contribution in [3.8, 4) is 34.2 Å². The maximum absolute atomic E-state index is 9.09. The smallest absolute Gasteiger partial charge is 0.147 e. The average molecular weight is 452 g/mol. The first-order valence-corrected chi connectivity index (χ1v) is 11.3. The van der Waals surface area contributed by atoms with Crippen molar-refractivity contribution >= 4 is 16.7 Å². The van der Waals surface area contributed by atoms with Crippen LogP contribution in [0.5, 0.6) is 5.75 Å². The summed E-state index contributed by atoms with van der Waals surface area (Å²) in [4.78, 5) is 16.4. The SMILES string of the molecule is COc1c(-c2cnc(N3CC(C)O[C@@H](C)C3)cn2)cnc2c(-c3ccc(C#N)cc3)cccc12. The van der Waals surface area contributed by atoms with Crippen LogP contribution < -0.4 is 9.64 Å². The van der Waals surface area contributed by atoms with Crippen LogP contribution >= 0.6 is 0 Å². The minimum atomic E-state index is 0.153. The van der Waals surface area contributed by atoms with Crippen molar-refractivity contribution in [3.05, 3.63) is 66.6 Å².